The Labute approximate surface area is 202 Å². The number of non-ortho nitro benzene ring substituents is 1. The van der Waals surface area contributed by atoms with Gasteiger partial charge in [-0.1, -0.05) is 0 Å². The highest BCUT2D eigenvalue weighted by Crippen LogP contribution is 2.24. The predicted octanol–water partition coefficient (Wildman–Crippen LogP) is 3.84. The molecule has 0 bridgehead atoms. The van der Waals surface area contributed by atoms with Gasteiger partial charge in [0.2, 0.25) is 11.5 Å². The minimum absolute atomic E-state index is 0.0535. The normalized spacial score (nSPS) is 11.8. The number of nitro benzene ring substituents is 1. The molecule has 0 amide bonds. The van der Waals surface area contributed by atoms with Crippen molar-refractivity contribution in [3.05, 3.63) is 69.3 Å². The number of carbonyl (C=O) groups is 2. The molecule has 1 unspecified atom stereocenters. The summed E-state index contributed by atoms with van der Waals surface area (Å²) in [7, 11) is 1.63. The van der Waals surface area contributed by atoms with Crippen LogP contribution >= 0.6 is 0 Å². The SMILES string of the molecule is CCOC(=O)c1nn(-c2ccc([N+](=O)[O-])cc2)cc1OCC(=O)c1cc(C)n(C(C)COC)c1C. The summed E-state index contributed by atoms with van der Waals surface area (Å²) >= 11 is 0. The maximum Gasteiger partial charge on any atom is 0.362 e. The molecule has 1 atom stereocenters. The zero-order chi connectivity index (χ0) is 25.7. The number of aromatic nitrogens is 3. The van der Waals surface area contributed by atoms with Crippen molar-refractivity contribution < 1.29 is 28.7 Å². The number of benzene rings is 1. The lowest BCUT2D eigenvalue weighted by molar-refractivity contribution is -0.384. The van der Waals surface area contributed by atoms with Gasteiger partial charge in [-0.2, -0.15) is 5.10 Å². The van der Waals surface area contributed by atoms with Crippen LogP contribution in [0.2, 0.25) is 0 Å². The number of carbonyl (C=O) groups excluding carboxylic acids is 2. The molecule has 0 fully saturated rings. The van der Waals surface area contributed by atoms with Gasteiger partial charge in [0.05, 0.1) is 36.1 Å². The maximum absolute atomic E-state index is 13.0. The van der Waals surface area contributed by atoms with Crippen LogP contribution in [0.15, 0.2) is 36.5 Å². The molecule has 2 heterocycles. The van der Waals surface area contributed by atoms with Crippen LogP contribution < -0.4 is 4.74 Å². The summed E-state index contributed by atoms with van der Waals surface area (Å²) in [5.74, 6) is -0.897. The molecule has 11 nitrogen and oxygen atoms in total. The summed E-state index contributed by atoms with van der Waals surface area (Å²) in [5.41, 5.74) is 2.54. The van der Waals surface area contributed by atoms with E-state index in [9.17, 15) is 19.7 Å². The predicted molar refractivity (Wildman–Crippen MR) is 126 cm³/mol. The second kappa shape index (κ2) is 11.0. The van der Waals surface area contributed by atoms with Crippen molar-refractivity contribution in [3.8, 4) is 11.4 Å². The number of methoxy groups -OCH3 is 1. The molecule has 0 aliphatic heterocycles. The van der Waals surface area contributed by atoms with E-state index in [2.05, 4.69) is 5.10 Å². The van der Waals surface area contributed by atoms with E-state index >= 15 is 0 Å². The van der Waals surface area contributed by atoms with E-state index in [-0.39, 0.29) is 42.2 Å². The lowest BCUT2D eigenvalue weighted by atomic mass is 10.1. The lowest BCUT2D eigenvalue weighted by Crippen LogP contribution is -2.17. The Morgan fingerprint density at radius 2 is 1.89 bits per heavy atom. The van der Waals surface area contributed by atoms with Gasteiger partial charge in [0.1, 0.15) is 0 Å². The Morgan fingerprint density at radius 3 is 2.49 bits per heavy atom. The molecule has 0 saturated carbocycles. The van der Waals surface area contributed by atoms with Crippen molar-refractivity contribution in [2.45, 2.75) is 33.7 Å². The number of rotatable bonds is 11. The van der Waals surface area contributed by atoms with Crippen LogP contribution in [0.5, 0.6) is 5.75 Å². The number of hydrogen-bond acceptors (Lipinski definition) is 8. The van der Waals surface area contributed by atoms with Crippen LogP contribution in [0.1, 0.15) is 52.1 Å². The second-order valence-electron chi connectivity index (χ2n) is 7.95. The van der Waals surface area contributed by atoms with Gasteiger partial charge in [0.15, 0.2) is 12.4 Å². The Morgan fingerprint density at radius 1 is 1.20 bits per heavy atom. The third-order valence-corrected chi connectivity index (χ3v) is 5.47. The van der Waals surface area contributed by atoms with Gasteiger partial charge in [0, 0.05) is 36.2 Å². The van der Waals surface area contributed by atoms with Crippen molar-refractivity contribution in [2.75, 3.05) is 26.9 Å². The van der Waals surface area contributed by atoms with E-state index in [0.717, 1.165) is 11.4 Å². The largest absolute Gasteiger partial charge is 0.481 e. The van der Waals surface area contributed by atoms with Gasteiger partial charge in [-0.05, 0) is 45.9 Å². The Balaban J connectivity index is 1.85. The molecule has 0 radical (unpaired) electrons. The lowest BCUT2D eigenvalue weighted by Gasteiger charge is -2.17. The van der Waals surface area contributed by atoms with E-state index in [4.69, 9.17) is 14.2 Å². The van der Waals surface area contributed by atoms with E-state index in [1.807, 2.05) is 25.3 Å². The van der Waals surface area contributed by atoms with Crippen LogP contribution in [0, 0.1) is 24.0 Å². The molecule has 0 spiro atoms. The van der Waals surface area contributed by atoms with Crippen LogP contribution in [-0.4, -0.2) is 58.0 Å². The third-order valence-electron chi connectivity index (χ3n) is 5.47. The fraction of sp³-hybridized carbons (Fsp3) is 0.375. The summed E-state index contributed by atoms with van der Waals surface area (Å²) in [4.78, 5) is 35.8. The fourth-order valence-electron chi connectivity index (χ4n) is 3.94. The molecular formula is C24H28N4O7. The van der Waals surface area contributed by atoms with Crippen LogP contribution in [-0.2, 0) is 9.47 Å². The topological polar surface area (TPSA) is 128 Å². The molecule has 186 valence electrons. The number of Topliss-reactive ketones (excluding diaryl/α,β-unsaturated/α-hetero) is 1. The zero-order valence-electron chi connectivity index (χ0n) is 20.3. The first kappa shape index (κ1) is 25.6. The Bertz CT molecular complexity index is 1230. The highest BCUT2D eigenvalue weighted by molar-refractivity contribution is 5.99. The van der Waals surface area contributed by atoms with E-state index in [1.54, 1.807) is 20.1 Å². The minimum Gasteiger partial charge on any atom is -0.481 e. The third kappa shape index (κ3) is 5.57. The average molecular weight is 485 g/mol. The van der Waals surface area contributed by atoms with Crippen LogP contribution in [0.4, 0.5) is 5.69 Å². The van der Waals surface area contributed by atoms with Crippen molar-refractivity contribution in [3.63, 3.8) is 0 Å². The number of ether oxygens (including phenoxy) is 3. The fourth-order valence-corrected chi connectivity index (χ4v) is 3.94. The molecule has 0 saturated heterocycles. The summed E-state index contributed by atoms with van der Waals surface area (Å²) < 4.78 is 19.4. The van der Waals surface area contributed by atoms with Gasteiger partial charge in [-0.25, -0.2) is 9.48 Å². The molecule has 2 aromatic heterocycles. The maximum atomic E-state index is 13.0. The monoisotopic (exact) mass is 484 g/mol. The molecule has 3 rings (SSSR count). The van der Waals surface area contributed by atoms with Gasteiger partial charge in [-0.3, -0.25) is 14.9 Å². The number of esters is 1. The number of nitro groups is 1. The van der Waals surface area contributed by atoms with Crippen LogP contribution in [0.25, 0.3) is 5.69 Å². The highest BCUT2D eigenvalue weighted by Gasteiger charge is 2.23. The first-order valence-electron chi connectivity index (χ1n) is 11.0. The Kier molecular flexibility index (Phi) is 8.02. The first-order valence-corrected chi connectivity index (χ1v) is 11.0. The van der Waals surface area contributed by atoms with Crippen molar-refractivity contribution in [2.24, 2.45) is 0 Å². The van der Waals surface area contributed by atoms with Crippen molar-refractivity contribution in [1.29, 1.82) is 0 Å². The standard InChI is InChI=1S/C24H28N4O7/c1-6-34-24(30)23-22(12-26(25-23)18-7-9-19(10-8-18)28(31)32)35-14-21(29)20-11-15(2)27(17(20)4)16(3)13-33-5/h7-12,16H,6,13-14H2,1-5H3. The molecule has 1 aromatic carbocycles. The molecule has 35 heavy (non-hydrogen) atoms. The molecule has 0 aliphatic carbocycles. The molecule has 11 heteroatoms. The molecule has 3 aromatic rings. The smallest absolute Gasteiger partial charge is 0.362 e. The average Bonchev–Trinajstić information content (AvgIpc) is 3.38. The van der Waals surface area contributed by atoms with Gasteiger partial charge in [-0.15, -0.1) is 0 Å². The molecule has 0 aliphatic rings. The zero-order valence-corrected chi connectivity index (χ0v) is 20.3. The van der Waals surface area contributed by atoms with Crippen LogP contribution in [0.3, 0.4) is 0 Å². The van der Waals surface area contributed by atoms with Gasteiger partial charge in [0.25, 0.3) is 5.69 Å². The van der Waals surface area contributed by atoms with Gasteiger partial charge >= 0.3 is 5.97 Å². The highest BCUT2D eigenvalue weighted by atomic mass is 16.6. The first-order chi connectivity index (χ1) is 16.7. The molecular weight excluding hydrogens is 456 g/mol. The minimum atomic E-state index is -0.706. The summed E-state index contributed by atoms with van der Waals surface area (Å²) in [5, 5.41) is 15.1. The second-order valence-corrected chi connectivity index (χ2v) is 7.95. The quantitative estimate of drug-likeness (QED) is 0.174. The number of nitrogens with zero attached hydrogens (tertiary/aromatic N) is 4. The number of ketones is 1. The van der Waals surface area contributed by atoms with E-state index in [0.29, 0.717) is 17.9 Å². The van der Waals surface area contributed by atoms with Crippen molar-refractivity contribution in [1.82, 2.24) is 14.3 Å². The molecule has 0 N–H and O–H groups in total. The summed E-state index contributed by atoms with van der Waals surface area (Å²) in [6, 6.07) is 7.49. The summed E-state index contributed by atoms with van der Waals surface area (Å²) in [6.45, 7) is 7.77. The Hall–Kier alpha value is -3.99. The summed E-state index contributed by atoms with van der Waals surface area (Å²) in [6.07, 6.45) is 1.44. The van der Waals surface area contributed by atoms with Crippen molar-refractivity contribution >= 4 is 17.4 Å². The van der Waals surface area contributed by atoms with E-state index in [1.165, 1.54) is 35.1 Å². The number of aryl methyl sites for hydroxylation is 1. The van der Waals surface area contributed by atoms with E-state index < -0.39 is 10.9 Å². The van der Waals surface area contributed by atoms with Gasteiger partial charge < -0.3 is 18.8 Å². The number of hydrogen-bond donors (Lipinski definition) is 0.